The smallest absolute Gasteiger partial charge is 0.340 e. The molecule has 0 aromatic heterocycles. The van der Waals surface area contributed by atoms with Crippen molar-refractivity contribution in [3.05, 3.63) is 52.8 Å². The number of nitrogens with one attached hydrogen (secondary N) is 1. The highest BCUT2D eigenvalue weighted by molar-refractivity contribution is 6.30. The van der Waals surface area contributed by atoms with Gasteiger partial charge in [0.1, 0.15) is 5.82 Å². The summed E-state index contributed by atoms with van der Waals surface area (Å²) in [5.41, 5.74) is 6.93. The second-order valence-corrected chi connectivity index (χ2v) is 4.67. The van der Waals surface area contributed by atoms with Crippen molar-refractivity contribution in [2.24, 2.45) is 0 Å². The van der Waals surface area contributed by atoms with E-state index < -0.39 is 11.8 Å². The number of hydrogen-bond acceptors (Lipinski definition) is 4. The normalized spacial score (nSPS) is 10.2. The van der Waals surface area contributed by atoms with E-state index in [-0.39, 0.29) is 23.5 Å². The first-order chi connectivity index (χ1) is 10.0. The lowest BCUT2D eigenvalue weighted by molar-refractivity contribution is 0.0527. The van der Waals surface area contributed by atoms with E-state index in [0.717, 1.165) is 0 Å². The number of nitrogen functional groups attached to an aromatic ring is 1. The molecule has 3 N–H and O–H groups in total. The molecular weight excluding hydrogens is 295 g/mol. The van der Waals surface area contributed by atoms with Crippen molar-refractivity contribution in [2.75, 3.05) is 17.7 Å². The second-order valence-electron chi connectivity index (χ2n) is 4.24. The van der Waals surface area contributed by atoms with Crippen LogP contribution in [0.15, 0.2) is 36.4 Å². The van der Waals surface area contributed by atoms with E-state index >= 15 is 0 Å². The molecule has 0 aliphatic rings. The Morgan fingerprint density at radius 1 is 1.33 bits per heavy atom. The quantitative estimate of drug-likeness (QED) is 0.662. The summed E-state index contributed by atoms with van der Waals surface area (Å²) in [7, 11) is 0. The highest BCUT2D eigenvalue weighted by atomic mass is 35.5. The Bertz CT molecular complexity index is 677. The summed E-state index contributed by atoms with van der Waals surface area (Å²) >= 11 is 5.83. The maximum atomic E-state index is 13.7. The molecule has 4 nitrogen and oxygen atoms in total. The number of rotatable bonds is 4. The minimum atomic E-state index is -0.523. The number of carbonyl (C=O) groups is 1. The van der Waals surface area contributed by atoms with Crippen LogP contribution in [0.5, 0.6) is 0 Å². The molecule has 0 radical (unpaired) electrons. The largest absolute Gasteiger partial charge is 0.462 e. The predicted octanol–water partition coefficient (Wildman–Crippen LogP) is 3.98. The Hall–Kier alpha value is -2.27. The molecular formula is C15H14ClFN2O2. The van der Waals surface area contributed by atoms with Crippen LogP contribution < -0.4 is 11.1 Å². The Morgan fingerprint density at radius 2 is 2.10 bits per heavy atom. The number of nitrogens with two attached hydrogens (primary N) is 1. The third kappa shape index (κ3) is 3.44. The molecule has 0 bridgehead atoms. The van der Waals surface area contributed by atoms with Crippen LogP contribution in [0.2, 0.25) is 5.02 Å². The average molecular weight is 309 g/mol. The fourth-order valence-electron chi connectivity index (χ4n) is 1.80. The van der Waals surface area contributed by atoms with Crippen LogP contribution in [0.1, 0.15) is 17.3 Å². The molecule has 110 valence electrons. The van der Waals surface area contributed by atoms with Gasteiger partial charge in [-0.2, -0.15) is 0 Å². The molecule has 0 aliphatic heterocycles. The Labute approximate surface area is 126 Å². The molecule has 21 heavy (non-hydrogen) atoms. The van der Waals surface area contributed by atoms with Crippen molar-refractivity contribution >= 4 is 34.6 Å². The first-order valence-corrected chi connectivity index (χ1v) is 6.68. The van der Waals surface area contributed by atoms with Crippen molar-refractivity contribution in [3.63, 3.8) is 0 Å². The number of esters is 1. The fraction of sp³-hybridized carbons (Fsp3) is 0.133. The van der Waals surface area contributed by atoms with Gasteiger partial charge in [-0.25, -0.2) is 9.18 Å². The Balaban J connectivity index is 2.35. The van der Waals surface area contributed by atoms with Crippen molar-refractivity contribution in [2.45, 2.75) is 6.92 Å². The SMILES string of the molecule is CCOC(=O)c1cccc(Nc2cc(Cl)ccc2F)c1N. The van der Waals surface area contributed by atoms with Crippen LogP contribution >= 0.6 is 11.6 Å². The lowest BCUT2D eigenvalue weighted by Crippen LogP contribution is -2.09. The van der Waals surface area contributed by atoms with Gasteiger partial charge < -0.3 is 15.8 Å². The summed E-state index contributed by atoms with van der Waals surface area (Å²) in [6, 6.07) is 8.95. The molecule has 0 unspecified atom stereocenters. The van der Waals surface area contributed by atoms with Crippen molar-refractivity contribution in [1.82, 2.24) is 0 Å². The van der Waals surface area contributed by atoms with E-state index in [9.17, 15) is 9.18 Å². The molecule has 2 rings (SSSR count). The van der Waals surface area contributed by atoms with Gasteiger partial charge >= 0.3 is 5.97 Å². The zero-order chi connectivity index (χ0) is 15.4. The molecule has 0 atom stereocenters. The van der Waals surface area contributed by atoms with Gasteiger partial charge in [-0.05, 0) is 37.3 Å². The van der Waals surface area contributed by atoms with E-state index in [2.05, 4.69) is 5.32 Å². The summed E-state index contributed by atoms with van der Waals surface area (Å²) < 4.78 is 18.6. The number of anilines is 3. The summed E-state index contributed by atoms with van der Waals surface area (Å²) in [5, 5.41) is 3.21. The van der Waals surface area contributed by atoms with E-state index in [4.69, 9.17) is 22.1 Å². The van der Waals surface area contributed by atoms with Crippen LogP contribution in [-0.4, -0.2) is 12.6 Å². The number of ether oxygens (including phenoxy) is 1. The number of hydrogen-bond donors (Lipinski definition) is 2. The fourth-order valence-corrected chi connectivity index (χ4v) is 1.97. The molecule has 6 heteroatoms. The first kappa shape index (κ1) is 15.1. The lowest BCUT2D eigenvalue weighted by Gasteiger charge is -2.13. The van der Waals surface area contributed by atoms with Gasteiger partial charge in [0.2, 0.25) is 0 Å². The van der Waals surface area contributed by atoms with Gasteiger partial charge in [-0.1, -0.05) is 17.7 Å². The summed E-state index contributed by atoms with van der Waals surface area (Å²) in [6.45, 7) is 1.95. The minimum Gasteiger partial charge on any atom is -0.462 e. The van der Waals surface area contributed by atoms with Gasteiger partial charge in [0.05, 0.1) is 29.2 Å². The molecule has 2 aromatic carbocycles. The van der Waals surface area contributed by atoms with Crippen molar-refractivity contribution in [3.8, 4) is 0 Å². The van der Waals surface area contributed by atoms with Crippen LogP contribution in [-0.2, 0) is 4.74 Å². The predicted molar refractivity (Wildman–Crippen MR) is 81.5 cm³/mol. The molecule has 0 saturated heterocycles. The molecule has 0 fully saturated rings. The second kappa shape index (κ2) is 6.45. The van der Waals surface area contributed by atoms with Gasteiger partial charge in [-0.3, -0.25) is 0 Å². The monoisotopic (exact) mass is 308 g/mol. The zero-order valence-electron chi connectivity index (χ0n) is 11.3. The van der Waals surface area contributed by atoms with E-state index in [1.165, 1.54) is 18.2 Å². The zero-order valence-corrected chi connectivity index (χ0v) is 12.1. The molecule has 0 heterocycles. The van der Waals surface area contributed by atoms with Gasteiger partial charge in [0.25, 0.3) is 0 Å². The molecule has 0 spiro atoms. The lowest BCUT2D eigenvalue weighted by atomic mass is 10.1. The number of para-hydroxylation sites is 1. The molecule has 0 saturated carbocycles. The average Bonchev–Trinajstić information content (AvgIpc) is 2.45. The van der Waals surface area contributed by atoms with Gasteiger partial charge in [0.15, 0.2) is 0 Å². The van der Waals surface area contributed by atoms with Gasteiger partial charge in [-0.15, -0.1) is 0 Å². The van der Waals surface area contributed by atoms with Crippen LogP contribution in [0.4, 0.5) is 21.5 Å². The summed E-state index contributed by atoms with van der Waals surface area (Å²) in [5.74, 6) is -0.995. The highest BCUT2D eigenvalue weighted by Crippen LogP contribution is 2.29. The standard InChI is InChI=1S/C15H14ClFN2O2/c1-2-21-15(20)10-4-3-5-12(14(10)18)19-13-8-9(16)6-7-11(13)17/h3-8,19H,2,18H2,1H3. The number of halogens is 2. The van der Waals surface area contributed by atoms with Crippen molar-refractivity contribution < 1.29 is 13.9 Å². The maximum absolute atomic E-state index is 13.7. The number of carbonyl (C=O) groups excluding carboxylic acids is 1. The first-order valence-electron chi connectivity index (χ1n) is 6.30. The molecule has 0 amide bonds. The molecule has 2 aromatic rings. The van der Waals surface area contributed by atoms with Gasteiger partial charge in [0, 0.05) is 5.02 Å². The highest BCUT2D eigenvalue weighted by Gasteiger charge is 2.14. The summed E-state index contributed by atoms with van der Waals surface area (Å²) in [4.78, 5) is 11.8. The van der Waals surface area contributed by atoms with E-state index in [0.29, 0.717) is 10.7 Å². The third-order valence-electron chi connectivity index (χ3n) is 2.80. The van der Waals surface area contributed by atoms with E-state index in [1.54, 1.807) is 25.1 Å². The number of benzene rings is 2. The Kier molecular flexibility index (Phi) is 4.65. The Morgan fingerprint density at radius 3 is 2.81 bits per heavy atom. The van der Waals surface area contributed by atoms with Crippen LogP contribution in [0.25, 0.3) is 0 Å². The van der Waals surface area contributed by atoms with Crippen LogP contribution in [0.3, 0.4) is 0 Å². The summed E-state index contributed by atoms with van der Waals surface area (Å²) in [6.07, 6.45) is 0. The third-order valence-corrected chi connectivity index (χ3v) is 3.03. The minimum absolute atomic E-state index is 0.176. The maximum Gasteiger partial charge on any atom is 0.340 e. The van der Waals surface area contributed by atoms with Crippen LogP contribution in [0, 0.1) is 5.82 Å². The molecule has 0 aliphatic carbocycles. The van der Waals surface area contributed by atoms with Crippen molar-refractivity contribution in [1.29, 1.82) is 0 Å². The topological polar surface area (TPSA) is 64.3 Å². The van der Waals surface area contributed by atoms with E-state index in [1.807, 2.05) is 0 Å².